The molecular weight excluding hydrogens is 393 g/mol. The van der Waals surface area contributed by atoms with Crippen molar-refractivity contribution in [1.82, 2.24) is 9.21 Å². The number of amides is 1. The van der Waals surface area contributed by atoms with Crippen molar-refractivity contribution >= 4 is 22.0 Å². The zero-order valence-corrected chi connectivity index (χ0v) is 15.5. The van der Waals surface area contributed by atoms with Crippen LogP contribution in [-0.2, 0) is 14.8 Å². The van der Waals surface area contributed by atoms with Crippen LogP contribution in [0.4, 0.5) is 13.2 Å². The molecule has 1 amide bonds. The Bertz CT molecular complexity index is 1020. The molecule has 9 heteroatoms. The van der Waals surface area contributed by atoms with Gasteiger partial charge in [0, 0.05) is 32.3 Å². The van der Waals surface area contributed by atoms with E-state index in [9.17, 15) is 26.4 Å². The van der Waals surface area contributed by atoms with Gasteiger partial charge in [0.15, 0.2) is 11.6 Å². The lowest BCUT2D eigenvalue weighted by atomic mass is 10.2. The first-order valence-electron chi connectivity index (χ1n) is 8.45. The number of nitrogens with zero attached hydrogens (tertiary/aromatic N) is 2. The number of hydrogen-bond donors (Lipinski definition) is 0. The molecule has 0 N–H and O–H groups in total. The summed E-state index contributed by atoms with van der Waals surface area (Å²) < 4.78 is 65.8. The molecule has 0 spiro atoms. The maximum absolute atomic E-state index is 13.4. The van der Waals surface area contributed by atoms with Crippen molar-refractivity contribution in [1.29, 1.82) is 0 Å². The fourth-order valence-corrected chi connectivity index (χ4v) is 4.25. The van der Waals surface area contributed by atoms with Crippen LogP contribution in [0.1, 0.15) is 5.56 Å². The van der Waals surface area contributed by atoms with Gasteiger partial charge >= 0.3 is 0 Å². The van der Waals surface area contributed by atoms with E-state index in [0.29, 0.717) is 11.6 Å². The van der Waals surface area contributed by atoms with E-state index in [0.717, 1.165) is 16.4 Å². The van der Waals surface area contributed by atoms with Crippen LogP contribution in [0.25, 0.3) is 6.08 Å². The van der Waals surface area contributed by atoms with E-state index in [1.54, 1.807) is 6.07 Å². The van der Waals surface area contributed by atoms with Crippen LogP contribution in [-0.4, -0.2) is 49.7 Å². The van der Waals surface area contributed by atoms with Gasteiger partial charge in [-0.25, -0.2) is 21.6 Å². The molecule has 1 aliphatic rings. The Morgan fingerprint density at radius 3 is 2.29 bits per heavy atom. The molecule has 0 radical (unpaired) electrons. The zero-order chi connectivity index (χ0) is 20.3. The highest BCUT2D eigenvalue weighted by atomic mass is 32.2. The molecule has 1 heterocycles. The van der Waals surface area contributed by atoms with E-state index in [2.05, 4.69) is 0 Å². The fourth-order valence-electron chi connectivity index (χ4n) is 2.82. The van der Waals surface area contributed by atoms with Crippen molar-refractivity contribution in [3.63, 3.8) is 0 Å². The van der Waals surface area contributed by atoms with E-state index >= 15 is 0 Å². The molecule has 2 aromatic carbocycles. The predicted molar refractivity (Wildman–Crippen MR) is 97.1 cm³/mol. The van der Waals surface area contributed by atoms with Crippen LogP contribution in [0.15, 0.2) is 53.4 Å². The summed E-state index contributed by atoms with van der Waals surface area (Å²) in [5, 5.41) is 0. The topological polar surface area (TPSA) is 57.7 Å². The van der Waals surface area contributed by atoms with Crippen molar-refractivity contribution in [2.24, 2.45) is 0 Å². The normalized spacial score (nSPS) is 15.9. The van der Waals surface area contributed by atoms with Gasteiger partial charge in [-0.3, -0.25) is 4.79 Å². The molecule has 2 aromatic rings. The number of benzene rings is 2. The standard InChI is InChI=1S/C19H17F3N2O3S/c20-15-3-1-2-14(12-15)4-7-19(25)23-8-10-24(11-9-23)28(26,27)16-5-6-17(21)18(22)13-16/h1-7,12-13H,8-11H2/b7-4+. The van der Waals surface area contributed by atoms with E-state index in [4.69, 9.17) is 0 Å². The number of rotatable bonds is 4. The third-order valence-corrected chi connectivity index (χ3v) is 6.24. The van der Waals surface area contributed by atoms with Crippen LogP contribution >= 0.6 is 0 Å². The Balaban J connectivity index is 1.63. The minimum atomic E-state index is -3.98. The SMILES string of the molecule is O=C(/C=C/c1cccc(F)c1)N1CCN(S(=O)(=O)c2ccc(F)c(F)c2)CC1. The second-order valence-corrected chi connectivity index (χ2v) is 8.13. The largest absolute Gasteiger partial charge is 0.337 e. The molecule has 0 aliphatic carbocycles. The number of halogens is 3. The van der Waals surface area contributed by atoms with E-state index in [1.807, 2.05) is 0 Å². The van der Waals surface area contributed by atoms with Gasteiger partial charge < -0.3 is 4.90 Å². The minimum Gasteiger partial charge on any atom is -0.337 e. The molecule has 1 aliphatic heterocycles. The second-order valence-electron chi connectivity index (χ2n) is 6.19. The molecule has 148 valence electrons. The summed E-state index contributed by atoms with van der Waals surface area (Å²) in [4.78, 5) is 13.4. The van der Waals surface area contributed by atoms with Crippen molar-refractivity contribution in [3.05, 3.63) is 71.6 Å². The van der Waals surface area contributed by atoms with Crippen LogP contribution in [0, 0.1) is 17.5 Å². The fraction of sp³-hybridized carbons (Fsp3) is 0.211. The van der Waals surface area contributed by atoms with Gasteiger partial charge in [-0.05, 0) is 42.0 Å². The maximum atomic E-state index is 13.4. The lowest BCUT2D eigenvalue weighted by molar-refractivity contribution is -0.127. The van der Waals surface area contributed by atoms with Crippen LogP contribution < -0.4 is 0 Å². The summed E-state index contributed by atoms with van der Waals surface area (Å²) >= 11 is 0. The molecule has 1 saturated heterocycles. The Morgan fingerprint density at radius 1 is 0.929 bits per heavy atom. The lowest BCUT2D eigenvalue weighted by Gasteiger charge is -2.33. The number of sulfonamides is 1. The van der Waals surface area contributed by atoms with Crippen LogP contribution in [0.2, 0.25) is 0 Å². The smallest absolute Gasteiger partial charge is 0.246 e. The minimum absolute atomic E-state index is 0.0286. The second kappa shape index (κ2) is 8.15. The van der Waals surface area contributed by atoms with E-state index < -0.39 is 27.5 Å². The van der Waals surface area contributed by atoms with Crippen molar-refractivity contribution < 1.29 is 26.4 Å². The third kappa shape index (κ3) is 4.42. The number of carbonyl (C=O) groups is 1. The quantitative estimate of drug-likeness (QED) is 0.729. The summed E-state index contributed by atoms with van der Waals surface area (Å²) in [6.45, 7) is 0.353. The highest BCUT2D eigenvalue weighted by Gasteiger charge is 2.30. The van der Waals surface area contributed by atoms with Gasteiger partial charge in [-0.15, -0.1) is 0 Å². The molecule has 0 saturated carbocycles. The number of piperazine rings is 1. The van der Waals surface area contributed by atoms with Gasteiger partial charge in [-0.1, -0.05) is 12.1 Å². The molecule has 0 unspecified atom stereocenters. The molecule has 0 bridgehead atoms. The average Bonchev–Trinajstić information content (AvgIpc) is 2.68. The first-order chi connectivity index (χ1) is 13.3. The predicted octanol–water partition coefficient (Wildman–Crippen LogP) is 2.65. The molecular formula is C19H17F3N2O3S. The Labute approximate surface area is 160 Å². The van der Waals surface area contributed by atoms with Crippen LogP contribution in [0.3, 0.4) is 0 Å². The maximum Gasteiger partial charge on any atom is 0.246 e. The Hall–Kier alpha value is -2.65. The summed E-state index contributed by atoms with van der Waals surface area (Å²) in [6, 6.07) is 8.18. The third-order valence-electron chi connectivity index (χ3n) is 4.35. The van der Waals surface area contributed by atoms with E-state index in [1.165, 1.54) is 35.3 Å². The monoisotopic (exact) mass is 410 g/mol. The molecule has 1 fully saturated rings. The molecule has 0 atom stereocenters. The molecule has 0 aromatic heterocycles. The van der Waals surface area contributed by atoms with Gasteiger partial charge in [-0.2, -0.15) is 4.31 Å². The highest BCUT2D eigenvalue weighted by molar-refractivity contribution is 7.89. The van der Waals surface area contributed by atoms with Crippen molar-refractivity contribution in [2.45, 2.75) is 4.90 Å². The van der Waals surface area contributed by atoms with Crippen molar-refractivity contribution in [2.75, 3.05) is 26.2 Å². The first kappa shape index (κ1) is 20.1. The molecule has 3 rings (SSSR count). The highest BCUT2D eigenvalue weighted by Crippen LogP contribution is 2.20. The van der Waals surface area contributed by atoms with Gasteiger partial charge in [0.1, 0.15) is 5.82 Å². The lowest BCUT2D eigenvalue weighted by Crippen LogP contribution is -2.50. The zero-order valence-electron chi connectivity index (χ0n) is 14.7. The number of hydrogen-bond acceptors (Lipinski definition) is 3. The number of carbonyl (C=O) groups excluding carboxylic acids is 1. The van der Waals surface area contributed by atoms with Gasteiger partial charge in [0.05, 0.1) is 4.90 Å². The summed E-state index contributed by atoms with van der Waals surface area (Å²) in [5.74, 6) is -3.10. The Kier molecular flexibility index (Phi) is 5.85. The molecule has 5 nitrogen and oxygen atoms in total. The van der Waals surface area contributed by atoms with Gasteiger partial charge in [0.2, 0.25) is 15.9 Å². The Morgan fingerprint density at radius 2 is 1.64 bits per heavy atom. The summed E-state index contributed by atoms with van der Waals surface area (Å²) in [5.41, 5.74) is 0.535. The van der Waals surface area contributed by atoms with Gasteiger partial charge in [0.25, 0.3) is 0 Å². The molecule has 28 heavy (non-hydrogen) atoms. The van der Waals surface area contributed by atoms with Crippen LogP contribution in [0.5, 0.6) is 0 Å². The summed E-state index contributed by atoms with van der Waals surface area (Å²) in [6.07, 6.45) is 2.78. The van der Waals surface area contributed by atoms with E-state index in [-0.39, 0.29) is 37.0 Å². The average molecular weight is 410 g/mol. The summed E-state index contributed by atoms with van der Waals surface area (Å²) in [7, 11) is -3.98. The first-order valence-corrected chi connectivity index (χ1v) is 9.89. The van der Waals surface area contributed by atoms with Crippen molar-refractivity contribution in [3.8, 4) is 0 Å².